The van der Waals surface area contributed by atoms with Crippen LogP contribution in [0.25, 0.3) is 0 Å². The molecule has 0 aromatic carbocycles. The van der Waals surface area contributed by atoms with Crippen molar-refractivity contribution >= 4 is 5.71 Å². The molecule has 0 spiro atoms. The third-order valence-electron chi connectivity index (χ3n) is 1.12. The van der Waals surface area contributed by atoms with E-state index >= 15 is 0 Å². The highest BCUT2D eigenvalue weighted by Gasteiger charge is 2.19. The van der Waals surface area contributed by atoms with Gasteiger partial charge in [0.25, 0.3) is 0 Å². The van der Waals surface area contributed by atoms with E-state index in [0.29, 0.717) is 18.7 Å². The second-order valence-electron chi connectivity index (χ2n) is 1.84. The molecular weight excluding hydrogens is 156 g/mol. The Hall–Kier alpha value is -1.08. The van der Waals surface area contributed by atoms with Gasteiger partial charge in [0.05, 0.1) is 6.42 Å². The fourth-order valence-corrected chi connectivity index (χ4v) is 0.696. The first-order valence-corrected chi connectivity index (χ1v) is 4.11. The lowest BCUT2D eigenvalue weighted by atomic mass is 10.3. The quantitative estimate of drug-likeness (QED) is 0.633. The van der Waals surface area contributed by atoms with E-state index in [1.807, 2.05) is 26.8 Å². The number of hydrogen-bond donors (Lipinski definition) is 0. The Morgan fingerprint density at radius 2 is 2.42 bits per heavy atom. The maximum Gasteiger partial charge on any atom is 0.233 e. The molecule has 1 aliphatic rings. The van der Waals surface area contributed by atoms with Gasteiger partial charge >= 0.3 is 0 Å². The van der Waals surface area contributed by atoms with Crippen LogP contribution in [-0.4, -0.2) is 18.6 Å². The van der Waals surface area contributed by atoms with E-state index in [9.17, 15) is 0 Å². The molecule has 0 aromatic rings. The Morgan fingerprint density at radius 3 is 2.83 bits per heavy atom. The molecule has 4 heteroatoms. The van der Waals surface area contributed by atoms with Crippen molar-refractivity contribution in [1.82, 2.24) is 0 Å². The molecule has 1 heterocycles. The molecule has 0 radical (unpaired) electrons. The van der Waals surface area contributed by atoms with Gasteiger partial charge in [-0.3, -0.25) is 0 Å². The van der Waals surface area contributed by atoms with Crippen LogP contribution in [0.15, 0.2) is 5.16 Å². The summed E-state index contributed by atoms with van der Waals surface area (Å²) in [7, 11) is 0. The lowest BCUT2D eigenvalue weighted by Crippen LogP contribution is -2.11. The zero-order valence-electron chi connectivity index (χ0n) is 7.70. The van der Waals surface area contributed by atoms with Crippen molar-refractivity contribution in [3.05, 3.63) is 0 Å². The van der Waals surface area contributed by atoms with Gasteiger partial charge in [-0.15, -0.1) is 0 Å². The average molecular weight is 170 g/mol. The third kappa shape index (κ3) is 3.35. The first-order valence-electron chi connectivity index (χ1n) is 4.11. The summed E-state index contributed by atoms with van der Waals surface area (Å²) in [6.07, 6.45) is 0.143. The van der Waals surface area contributed by atoms with E-state index in [1.165, 1.54) is 0 Å². The SMILES string of the molecule is CC.CCOC1CC(C#N)=NO1. The van der Waals surface area contributed by atoms with Crippen molar-refractivity contribution in [3.8, 4) is 6.07 Å². The highest BCUT2D eigenvalue weighted by molar-refractivity contribution is 5.98. The second-order valence-corrected chi connectivity index (χ2v) is 1.84. The Morgan fingerprint density at radius 1 is 1.75 bits per heavy atom. The average Bonchev–Trinajstić information content (AvgIpc) is 2.57. The molecule has 0 aliphatic carbocycles. The number of ether oxygens (including phenoxy) is 1. The first kappa shape index (κ1) is 10.9. The fraction of sp³-hybridized carbons (Fsp3) is 0.750. The van der Waals surface area contributed by atoms with E-state index < -0.39 is 0 Å². The molecule has 0 bridgehead atoms. The van der Waals surface area contributed by atoms with Crippen LogP contribution in [0.4, 0.5) is 0 Å². The molecule has 0 saturated heterocycles. The zero-order valence-corrected chi connectivity index (χ0v) is 7.70. The Labute approximate surface area is 72.8 Å². The second kappa shape index (κ2) is 6.62. The van der Waals surface area contributed by atoms with E-state index in [0.717, 1.165) is 0 Å². The van der Waals surface area contributed by atoms with Crippen LogP contribution < -0.4 is 0 Å². The molecule has 4 nitrogen and oxygen atoms in total. The van der Waals surface area contributed by atoms with Gasteiger partial charge < -0.3 is 9.57 Å². The molecular formula is C8H14N2O2. The van der Waals surface area contributed by atoms with Crippen molar-refractivity contribution in [2.75, 3.05) is 6.61 Å². The summed E-state index contributed by atoms with van der Waals surface area (Å²) in [6, 6.07) is 1.90. The molecule has 68 valence electrons. The molecule has 12 heavy (non-hydrogen) atoms. The molecule has 0 aromatic heterocycles. The first-order chi connectivity index (χ1) is 5.86. The van der Waals surface area contributed by atoms with Crippen LogP contribution in [0.2, 0.25) is 0 Å². The molecule has 0 N–H and O–H groups in total. The Bertz CT molecular complexity index is 184. The standard InChI is InChI=1S/C6H8N2O2.C2H6/c1-2-9-6-3-5(4-7)8-10-6;1-2/h6H,2-3H2,1H3;1-2H3. The van der Waals surface area contributed by atoms with E-state index in [1.54, 1.807) is 0 Å². The van der Waals surface area contributed by atoms with Gasteiger partial charge in [-0.05, 0) is 6.92 Å². The summed E-state index contributed by atoms with van der Waals surface area (Å²) in [5.74, 6) is 0. The number of nitriles is 1. The molecule has 1 rings (SSSR count). The lowest BCUT2D eigenvalue weighted by molar-refractivity contribution is -0.120. The van der Waals surface area contributed by atoms with Gasteiger partial charge in [0.1, 0.15) is 6.07 Å². The predicted molar refractivity (Wildman–Crippen MR) is 45.5 cm³/mol. The molecule has 1 aliphatic heterocycles. The van der Waals surface area contributed by atoms with Crippen LogP contribution in [0.1, 0.15) is 27.2 Å². The molecule has 0 saturated carbocycles. The van der Waals surface area contributed by atoms with Gasteiger partial charge in [-0.2, -0.15) is 5.26 Å². The number of oxime groups is 1. The van der Waals surface area contributed by atoms with Gasteiger partial charge in [-0.1, -0.05) is 19.0 Å². The van der Waals surface area contributed by atoms with Crippen LogP contribution in [0, 0.1) is 11.3 Å². The van der Waals surface area contributed by atoms with Crippen molar-refractivity contribution in [2.24, 2.45) is 5.16 Å². The minimum atomic E-state index is -0.334. The largest absolute Gasteiger partial charge is 0.362 e. The molecule has 1 unspecified atom stereocenters. The van der Waals surface area contributed by atoms with Gasteiger partial charge in [0, 0.05) is 6.61 Å². The summed E-state index contributed by atoms with van der Waals surface area (Å²) in [4.78, 5) is 4.74. The summed E-state index contributed by atoms with van der Waals surface area (Å²) >= 11 is 0. The Balaban J connectivity index is 0.000000561. The van der Waals surface area contributed by atoms with E-state index in [2.05, 4.69) is 5.16 Å². The van der Waals surface area contributed by atoms with Crippen LogP contribution in [0.5, 0.6) is 0 Å². The summed E-state index contributed by atoms with van der Waals surface area (Å²) in [5, 5.41) is 11.8. The number of nitrogens with zero attached hydrogens (tertiary/aromatic N) is 2. The maximum atomic E-state index is 8.34. The minimum Gasteiger partial charge on any atom is -0.362 e. The van der Waals surface area contributed by atoms with Crippen LogP contribution >= 0.6 is 0 Å². The number of hydrogen-bond acceptors (Lipinski definition) is 4. The molecule has 0 fully saturated rings. The number of rotatable bonds is 2. The predicted octanol–water partition coefficient (Wildman–Crippen LogP) is 1.68. The van der Waals surface area contributed by atoms with Crippen molar-refractivity contribution in [2.45, 2.75) is 33.5 Å². The van der Waals surface area contributed by atoms with Crippen molar-refractivity contribution in [1.29, 1.82) is 5.26 Å². The monoisotopic (exact) mass is 170 g/mol. The van der Waals surface area contributed by atoms with E-state index in [4.69, 9.17) is 14.8 Å². The van der Waals surface area contributed by atoms with Gasteiger partial charge in [-0.25, -0.2) is 0 Å². The van der Waals surface area contributed by atoms with Crippen molar-refractivity contribution < 1.29 is 9.57 Å². The smallest absolute Gasteiger partial charge is 0.233 e. The Kier molecular flexibility index (Phi) is 6.02. The van der Waals surface area contributed by atoms with Gasteiger partial charge in [0.2, 0.25) is 6.29 Å². The van der Waals surface area contributed by atoms with Crippen LogP contribution in [-0.2, 0) is 9.57 Å². The van der Waals surface area contributed by atoms with Crippen LogP contribution in [0.3, 0.4) is 0 Å². The molecule has 1 atom stereocenters. The van der Waals surface area contributed by atoms with Crippen molar-refractivity contribution in [3.63, 3.8) is 0 Å². The summed E-state index contributed by atoms with van der Waals surface area (Å²) in [6.45, 7) is 6.45. The van der Waals surface area contributed by atoms with E-state index in [-0.39, 0.29) is 6.29 Å². The highest BCUT2D eigenvalue weighted by atomic mass is 16.8. The normalized spacial score (nSPS) is 19.8. The molecule has 0 amide bonds. The fourth-order valence-electron chi connectivity index (χ4n) is 0.696. The third-order valence-corrected chi connectivity index (χ3v) is 1.12. The summed E-state index contributed by atoms with van der Waals surface area (Å²) < 4.78 is 5.05. The summed E-state index contributed by atoms with van der Waals surface area (Å²) in [5.41, 5.74) is 0.401. The van der Waals surface area contributed by atoms with Gasteiger partial charge in [0.15, 0.2) is 5.71 Å². The minimum absolute atomic E-state index is 0.334. The topological polar surface area (TPSA) is 54.6 Å². The maximum absolute atomic E-state index is 8.34. The zero-order chi connectivity index (χ0) is 9.40. The lowest BCUT2D eigenvalue weighted by Gasteiger charge is -2.05. The highest BCUT2D eigenvalue weighted by Crippen LogP contribution is 2.10.